The highest BCUT2D eigenvalue weighted by Crippen LogP contribution is 2.34. The van der Waals surface area contributed by atoms with Gasteiger partial charge in [-0.3, -0.25) is 14.4 Å². The maximum Gasteiger partial charge on any atom is 0.241 e. The third-order valence-electron chi connectivity index (χ3n) is 5.04. The minimum absolute atomic E-state index is 0.0544. The molecule has 1 aliphatic heterocycles. The number of Topliss-reactive ketones (excluding diaryl/α,β-unsaturated/α-hetero) is 2. The molecule has 1 aliphatic rings. The number of sulfone groups is 1. The van der Waals surface area contributed by atoms with E-state index >= 15 is 0 Å². The van der Waals surface area contributed by atoms with Crippen molar-refractivity contribution >= 4 is 54.8 Å². The highest BCUT2D eigenvalue weighted by molar-refractivity contribution is 9.10. The van der Waals surface area contributed by atoms with Crippen LogP contribution in [0.4, 0.5) is 0 Å². The number of hydrogen-bond donors (Lipinski definition) is 0. The van der Waals surface area contributed by atoms with Crippen molar-refractivity contribution in [3.63, 3.8) is 0 Å². The zero-order valence-corrected chi connectivity index (χ0v) is 19.4. The van der Waals surface area contributed by atoms with Crippen LogP contribution in [0.5, 0.6) is 0 Å². The molecule has 160 valence electrons. The molecule has 30 heavy (non-hydrogen) atoms. The van der Waals surface area contributed by atoms with E-state index < -0.39 is 48.8 Å². The maximum atomic E-state index is 13.0. The number of aryl methyl sites for hydroxylation is 1. The van der Waals surface area contributed by atoms with Crippen LogP contribution in [0.3, 0.4) is 0 Å². The second kappa shape index (κ2) is 8.24. The summed E-state index contributed by atoms with van der Waals surface area (Å²) in [7, 11) is -2.63. The van der Waals surface area contributed by atoms with E-state index in [1.54, 1.807) is 13.8 Å². The van der Waals surface area contributed by atoms with Crippen LogP contribution in [0.2, 0.25) is 0 Å². The second-order valence-electron chi connectivity index (χ2n) is 7.05. The summed E-state index contributed by atoms with van der Waals surface area (Å²) in [5.74, 6) is -3.56. The Hall–Kier alpha value is -2.04. The molecule has 1 fully saturated rings. The van der Waals surface area contributed by atoms with Crippen LogP contribution in [0.15, 0.2) is 39.8 Å². The molecule has 11 heteroatoms. The summed E-state index contributed by atoms with van der Waals surface area (Å²) in [5, 5.41) is 3.63. The number of aromatic nitrogens is 1. The van der Waals surface area contributed by atoms with Gasteiger partial charge in [-0.25, -0.2) is 8.42 Å². The van der Waals surface area contributed by atoms with Gasteiger partial charge in [-0.1, -0.05) is 44.8 Å². The first-order valence-electron chi connectivity index (χ1n) is 8.86. The lowest BCUT2D eigenvalue weighted by Gasteiger charge is -2.36. The lowest BCUT2D eigenvalue weighted by Crippen LogP contribution is -2.57. The molecule has 0 saturated carbocycles. The van der Waals surface area contributed by atoms with E-state index in [4.69, 9.17) is 16.1 Å². The van der Waals surface area contributed by atoms with Crippen molar-refractivity contribution in [3.8, 4) is 0 Å². The second-order valence-corrected chi connectivity index (χ2v) is 10.8. The van der Waals surface area contributed by atoms with Gasteiger partial charge in [-0.2, -0.15) is 0 Å². The molecule has 4 unspecified atom stereocenters. The Labute approximate surface area is 186 Å². The molecule has 0 aliphatic carbocycles. The van der Waals surface area contributed by atoms with E-state index in [0.717, 1.165) is 6.07 Å². The van der Waals surface area contributed by atoms with E-state index in [-0.39, 0.29) is 16.2 Å². The molecule has 2 aromatic rings. The number of benzene rings is 1. The van der Waals surface area contributed by atoms with Crippen LogP contribution in [0.25, 0.3) is 0 Å². The maximum absolute atomic E-state index is 13.0. The molecule has 1 aromatic carbocycles. The van der Waals surface area contributed by atoms with Crippen molar-refractivity contribution in [3.05, 3.63) is 47.3 Å². The van der Waals surface area contributed by atoms with E-state index in [1.807, 2.05) is 0 Å². The third kappa shape index (κ3) is 3.83. The van der Waals surface area contributed by atoms with Gasteiger partial charge in [-0.05, 0) is 26.0 Å². The number of halogens is 2. The molecular formula is C19H18BrClN2O6S. The molecule has 0 radical (unpaired) electrons. The lowest BCUT2D eigenvalue weighted by molar-refractivity contribution is -0.144. The number of carbonyl (C=O) groups excluding carboxylic acids is 3. The fraction of sp³-hybridized carbons (Fsp3) is 0.368. The summed E-state index contributed by atoms with van der Waals surface area (Å²) in [6, 6.07) is 6.07. The van der Waals surface area contributed by atoms with Crippen molar-refractivity contribution in [2.24, 2.45) is 5.92 Å². The highest BCUT2D eigenvalue weighted by Gasteiger charge is 2.47. The van der Waals surface area contributed by atoms with Crippen molar-refractivity contribution < 1.29 is 27.3 Å². The fourth-order valence-electron chi connectivity index (χ4n) is 3.12. The zero-order chi connectivity index (χ0) is 22.4. The standard InChI is InChI=1S/C19H18BrClN2O6S/c1-9-7-13(29-22-9)18(21)30(27,28)12-6-4-5-11(8-12)16(24)14-17(25)15(20)10(2)23(3)19(14)26/h4-8,10,14-15,18H,1-3H3. The first-order valence-corrected chi connectivity index (χ1v) is 11.8. The molecule has 1 aromatic heterocycles. The summed E-state index contributed by atoms with van der Waals surface area (Å²) < 4.78 is 29.2. The molecule has 3 rings (SSSR count). The largest absolute Gasteiger partial charge is 0.358 e. The van der Waals surface area contributed by atoms with Gasteiger partial charge in [-0.15, -0.1) is 0 Å². The zero-order valence-electron chi connectivity index (χ0n) is 16.2. The molecule has 0 bridgehead atoms. The van der Waals surface area contributed by atoms with Crippen LogP contribution in [-0.4, -0.2) is 53.9 Å². The number of amides is 1. The molecule has 2 heterocycles. The summed E-state index contributed by atoms with van der Waals surface area (Å²) >= 11 is 9.34. The number of hydrogen-bond acceptors (Lipinski definition) is 7. The summed E-state index contributed by atoms with van der Waals surface area (Å²) in [5.41, 5.74) is 0.384. The van der Waals surface area contributed by atoms with Gasteiger partial charge in [0.2, 0.25) is 15.7 Å². The number of nitrogens with zero attached hydrogens (tertiary/aromatic N) is 2. The Morgan fingerprint density at radius 3 is 2.57 bits per heavy atom. The number of carbonyl (C=O) groups is 3. The Bertz CT molecular complexity index is 1110. The predicted molar refractivity (Wildman–Crippen MR) is 111 cm³/mol. The average molecular weight is 518 g/mol. The quantitative estimate of drug-likeness (QED) is 0.340. The first-order chi connectivity index (χ1) is 14.0. The van der Waals surface area contributed by atoms with E-state index in [2.05, 4.69) is 21.1 Å². The smallest absolute Gasteiger partial charge is 0.241 e. The minimum atomic E-state index is -4.13. The number of likely N-dealkylation sites (tertiary alicyclic amines) is 1. The van der Waals surface area contributed by atoms with Crippen molar-refractivity contribution in [2.75, 3.05) is 7.05 Å². The molecule has 8 nitrogen and oxygen atoms in total. The van der Waals surface area contributed by atoms with Crippen LogP contribution in [-0.2, 0) is 19.4 Å². The SMILES string of the molecule is Cc1cc(C(Cl)S(=O)(=O)c2cccc(C(=O)C3C(=O)C(Br)C(C)N(C)C3=O)c2)on1. The Morgan fingerprint density at radius 2 is 1.97 bits per heavy atom. The van der Waals surface area contributed by atoms with Gasteiger partial charge < -0.3 is 9.42 Å². The monoisotopic (exact) mass is 516 g/mol. The van der Waals surface area contributed by atoms with Gasteiger partial charge in [0.15, 0.2) is 28.0 Å². The van der Waals surface area contributed by atoms with Crippen molar-refractivity contribution in [1.29, 1.82) is 0 Å². The molecular weight excluding hydrogens is 500 g/mol. The number of rotatable bonds is 5. The van der Waals surface area contributed by atoms with Crippen molar-refractivity contribution in [1.82, 2.24) is 10.1 Å². The molecule has 1 saturated heterocycles. The molecule has 1 amide bonds. The summed E-state index contributed by atoms with van der Waals surface area (Å²) in [4.78, 5) is 38.6. The van der Waals surface area contributed by atoms with Crippen LogP contribution in [0, 0.1) is 12.8 Å². The third-order valence-corrected chi connectivity index (χ3v) is 8.86. The van der Waals surface area contributed by atoms with Gasteiger partial charge >= 0.3 is 0 Å². The molecule has 4 atom stereocenters. The Kier molecular flexibility index (Phi) is 6.22. The van der Waals surface area contributed by atoms with Gasteiger partial charge in [0.25, 0.3) is 0 Å². The highest BCUT2D eigenvalue weighted by atomic mass is 79.9. The number of ketones is 2. The van der Waals surface area contributed by atoms with Gasteiger partial charge in [0, 0.05) is 24.7 Å². The predicted octanol–water partition coefficient (Wildman–Crippen LogP) is 2.69. The molecule has 0 N–H and O–H groups in total. The molecule has 0 spiro atoms. The average Bonchev–Trinajstić information content (AvgIpc) is 3.16. The van der Waals surface area contributed by atoms with Crippen LogP contribution in [0.1, 0.15) is 33.4 Å². The van der Waals surface area contributed by atoms with Gasteiger partial charge in [0.05, 0.1) is 15.4 Å². The topological polar surface area (TPSA) is 115 Å². The minimum Gasteiger partial charge on any atom is -0.358 e. The Morgan fingerprint density at radius 1 is 1.30 bits per heavy atom. The van der Waals surface area contributed by atoms with E-state index in [1.165, 1.54) is 36.2 Å². The summed E-state index contributed by atoms with van der Waals surface area (Å²) in [6.45, 7) is 3.31. The summed E-state index contributed by atoms with van der Waals surface area (Å²) in [6.07, 6.45) is 0. The normalized spacial score (nSPS) is 23.5. The number of alkyl halides is 2. The van der Waals surface area contributed by atoms with E-state index in [9.17, 15) is 22.8 Å². The Balaban J connectivity index is 1.96. The first kappa shape index (κ1) is 22.6. The van der Waals surface area contributed by atoms with Crippen LogP contribution >= 0.6 is 27.5 Å². The lowest BCUT2D eigenvalue weighted by atomic mass is 9.85. The van der Waals surface area contributed by atoms with Gasteiger partial charge in [0.1, 0.15) is 0 Å². The number of piperidine rings is 1. The van der Waals surface area contributed by atoms with E-state index in [0.29, 0.717) is 5.69 Å². The fourth-order valence-corrected chi connectivity index (χ4v) is 5.36. The van der Waals surface area contributed by atoms with Crippen molar-refractivity contribution in [2.45, 2.75) is 34.3 Å². The van der Waals surface area contributed by atoms with Crippen LogP contribution < -0.4 is 0 Å².